The van der Waals surface area contributed by atoms with E-state index < -0.39 is 5.97 Å². The van der Waals surface area contributed by atoms with Gasteiger partial charge in [0.25, 0.3) is 0 Å². The van der Waals surface area contributed by atoms with E-state index >= 15 is 0 Å². The van der Waals surface area contributed by atoms with Crippen molar-refractivity contribution in [3.8, 4) is 5.75 Å². The molecule has 1 fully saturated rings. The average Bonchev–Trinajstić information content (AvgIpc) is 2.85. The molecule has 18 heavy (non-hydrogen) atoms. The van der Waals surface area contributed by atoms with Gasteiger partial charge in [0.1, 0.15) is 5.75 Å². The molecule has 1 unspecified atom stereocenters. The normalized spacial score (nSPS) is 18.9. The second-order valence-corrected chi connectivity index (χ2v) is 4.62. The summed E-state index contributed by atoms with van der Waals surface area (Å²) < 4.78 is 5.14. The van der Waals surface area contributed by atoms with Gasteiger partial charge >= 0.3 is 5.97 Å². The maximum atomic E-state index is 10.6. The zero-order valence-electron chi connectivity index (χ0n) is 10.6. The highest BCUT2D eigenvalue weighted by Crippen LogP contribution is 2.29. The molecule has 0 amide bonds. The zero-order chi connectivity index (χ0) is 13.0. The van der Waals surface area contributed by atoms with Crippen molar-refractivity contribution in [1.29, 1.82) is 0 Å². The maximum absolute atomic E-state index is 10.6. The Labute approximate surface area is 107 Å². The van der Waals surface area contributed by atoms with Gasteiger partial charge in [-0.25, -0.2) is 0 Å². The largest absolute Gasteiger partial charge is 0.497 e. The Kier molecular flexibility index (Phi) is 4.07. The number of hydrogen-bond donors (Lipinski definition) is 1. The van der Waals surface area contributed by atoms with Crippen LogP contribution in [0.5, 0.6) is 5.75 Å². The van der Waals surface area contributed by atoms with Crippen LogP contribution in [-0.4, -0.2) is 30.8 Å². The fourth-order valence-electron chi connectivity index (χ4n) is 2.54. The van der Waals surface area contributed by atoms with E-state index in [1.165, 1.54) is 0 Å². The van der Waals surface area contributed by atoms with Gasteiger partial charge in [0.15, 0.2) is 0 Å². The first-order valence-corrected chi connectivity index (χ1v) is 6.33. The number of aliphatic carboxylic acids is 1. The summed E-state index contributed by atoms with van der Waals surface area (Å²) in [4.78, 5) is 13.0. The molecule has 0 spiro atoms. The molecule has 1 aromatic carbocycles. The average molecular weight is 249 g/mol. The number of rotatable bonds is 5. The molecule has 98 valence electrons. The number of carbonyl (C=O) groups is 1. The van der Waals surface area contributed by atoms with Crippen molar-refractivity contribution in [2.45, 2.75) is 31.7 Å². The van der Waals surface area contributed by atoms with Crippen LogP contribution in [0.3, 0.4) is 0 Å². The molecule has 0 bridgehead atoms. The summed E-state index contributed by atoms with van der Waals surface area (Å²) in [5, 5.41) is 8.76. The first kappa shape index (κ1) is 12.7. The lowest BCUT2D eigenvalue weighted by molar-refractivity contribution is -0.137. The van der Waals surface area contributed by atoms with Crippen molar-refractivity contribution in [1.82, 2.24) is 0 Å². The molecule has 1 aromatic rings. The first-order chi connectivity index (χ1) is 8.70. The monoisotopic (exact) mass is 249 g/mol. The third-order valence-corrected chi connectivity index (χ3v) is 3.47. The van der Waals surface area contributed by atoms with E-state index in [4.69, 9.17) is 9.84 Å². The Morgan fingerprint density at radius 3 is 2.78 bits per heavy atom. The predicted molar refractivity (Wildman–Crippen MR) is 70.2 cm³/mol. The van der Waals surface area contributed by atoms with Gasteiger partial charge in [0.05, 0.1) is 7.11 Å². The van der Waals surface area contributed by atoms with Crippen LogP contribution in [0.2, 0.25) is 0 Å². The minimum absolute atomic E-state index is 0.247. The highest BCUT2D eigenvalue weighted by molar-refractivity contribution is 5.66. The fraction of sp³-hybridized carbons (Fsp3) is 0.500. The number of anilines is 1. The summed E-state index contributed by atoms with van der Waals surface area (Å²) in [6, 6.07) is 8.33. The number of carboxylic acid groups (broad SMARTS) is 1. The van der Waals surface area contributed by atoms with E-state index in [0.29, 0.717) is 6.04 Å². The summed E-state index contributed by atoms with van der Waals surface area (Å²) >= 11 is 0. The summed E-state index contributed by atoms with van der Waals surface area (Å²) in [6.07, 6.45) is 3.19. The Morgan fingerprint density at radius 2 is 2.17 bits per heavy atom. The number of hydrogen-bond acceptors (Lipinski definition) is 3. The molecule has 1 heterocycles. The van der Waals surface area contributed by atoms with Crippen LogP contribution in [0.4, 0.5) is 5.69 Å². The van der Waals surface area contributed by atoms with E-state index in [1.807, 2.05) is 24.3 Å². The van der Waals surface area contributed by atoms with Crippen LogP contribution < -0.4 is 9.64 Å². The molecular formula is C14H19NO3. The minimum atomic E-state index is -0.711. The molecular weight excluding hydrogens is 230 g/mol. The third kappa shape index (κ3) is 2.94. The summed E-state index contributed by atoms with van der Waals surface area (Å²) in [5.41, 5.74) is 1.16. The minimum Gasteiger partial charge on any atom is -0.497 e. The SMILES string of the molecule is COc1ccc(N2CCCC2CCC(=O)O)cc1. The van der Waals surface area contributed by atoms with Crippen molar-refractivity contribution in [3.63, 3.8) is 0 Å². The van der Waals surface area contributed by atoms with Crippen LogP contribution in [-0.2, 0) is 4.79 Å². The molecule has 1 atom stereocenters. The predicted octanol–water partition coefficient (Wildman–Crippen LogP) is 2.53. The van der Waals surface area contributed by atoms with Crippen molar-refractivity contribution in [2.24, 2.45) is 0 Å². The van der Waals surface area contributed by atoms with Gasteiger partial charge in [0, 0.05) is 24.7 Å². The van der Waals surface area contributed by atoms with E-state index in [2.05, 4.69) is 4.90 Å². The quantitative estimate of drug-likeness (QED) is 0.871. The van der Waals surface area contributed by atoms with Crippen LogP contribution in [0.15, 0.2) is 24.3 Å². The van der Waals surface area contributed by atoms with Crippen molar-refractivity contribution < 1.29 is 14.6 Å². The molecule has 0 aliphatic carbocycles. The second kappa shape index (κ2) is 5.76. The van der Waals surface area contributed by atoms with Crippen LogP contribution in [0.25, 0.3) is 0 Å². The molecule has 1 N–H and O–H groups in total. The standard InChI is InChI=1S/C14H19NO3/c1-18-13-7-4-12(5-8-13)15-10-2-3-11(15)6-9-14(16)17/h4-5,7-8,11H,2-3,6,9-10H2,1H3,(H,16,17). The Hall–Kier alpha value is -1.71. The highest BCUT2D eigenvalue weighted by Gasteiger charge is 2.24. The molecule has 0 saturated carbocycles. The van der Waals surface area contributed by atoms with Gasteiger partial charge < -0.3 is 14.7 Å². The Bertz CT molecular complexity index is 402. The third-order valence-electron chi connectivity index (χ3n) is 3.47. The van der Waals surface area contributed by atoms with E-state index in [1.54, 1.807) is 7.11 Å². The van der Waals surface area contributed by atoms with Gasteiger partial charge in [-0.05, 0) is 43.5 Å². The molecule has 0 aromatic heterocycles. The molecule has 1 aliphatic heterocycles. The van der Waals surface area contributed by atoms with Crippen molar-refractivity contribution in [3.05, 3.63) is 24.3 Å². The van der Waals surface area contributed by atoms with Gasteiger partial charge in [-0.1, -0.05) is 0 Å². The Balaban J connectivity index is 2.03. The van der Waals surface area contributed by atoms with Crippen LogP contribution in [0, 0.1) is 0 Å². The van der Waals surface area contributed by atoms with Gasteiger partial charge in [0.2, 0.25) is 0 Å². The Morgan fingerprint density at radius 1 is 1.44 bits per heavy atom. The lowest BCUT2D eigenvalue weighted by Crippen LogP contribution is -2.29. The van der Waals surface area contributed by atoms with Gasteiger partial charge in [-0.3, -0.25) is 4.79 Å². The molecule has 0 radical (unpaired) electrons. The number of benzene rings is 1. The lowest BCUT2D eigenvalue weighted by atomic mass is 10.1. The summed E-state index contributed by atoms with van der Waals surface area (Å²) in [6.45, 7) is 1.01. The number of methoxy groups -OCH3 is 1. The molecule has 2 rings (SSSR count). The second-order valence-electron chi connectivity index (χ2n) is 4.62. The highest BCUT2D eigenvalue weighted by atomic mass is 16.5. The maximum Gasteiger partial charge on any atom is 0.303 e. The van der Waals surface area contributed by atoms with Crippen molar-refractivity contribution in [2.75, 3.05) is 18.6 Å². The van der Waals surface area contributed by atoms with Crippen molar-refractivity contribution >= 4 is 11.7 Å². The zero-order valence-corrected chi connectivity index (χ0v) is 10.6. The number of carboxylic acids is 1. The summed E-state index contributed by atoms with van der Waals surface area (Å²) in [7, 11) is 1.65. The number of ether oxygens (including phenoxy) is 1. The van der Waals surface area contributed by atoms with E-state index in [9.17, 15) is 4.79 Å². The van der Waals surface area contributed by atoms with Crippen LogP contribution in [0.1, 0.15) is 25.7 Å². The van der Waals surface area contributed by atoms with E-state index in [-0.39, 0.29) is 6.42 Å². The number of nitrogens with zero attached hydrogens (tertiary/aromatic N) is 1. The van der Waals surface area contributed by atoms with Gasteiger partial charge in [-0.2, -0.15) is 0 Å². The molecule has 4 heteroatoms. The van der Waals surface area contributed by atoms with Crippen LogP contribution >= 0.6 is 0 Å². The molecule has 4 nitrogen and oxygen atoms in total. The van der Waals surface area contributed by atoms with E-state index in [0.717, 1.165) is 37.2 Å². The smallest absolute Gasteiger partial charge is 0.303 e. The topological polar surface area (TPSA) is 49.8 Å². The summed E-state index contributed by atoms with van der Waals surface area (Å²) in [5.74, 6) is 0.136. The van der Waals surface area contributed by atoms with Gasteiger partial charge in [-0.15, -0.1) is 0 Å². The fourth-order valence-corrected chi connectivity index (χ4v) is 2.54. The first-order valence-electron chi connectivity index (χ1n) is 6.33. The molecule has 1 saturated heterocycles. The molecule has 1 aliphatic rings. The lowest BCUT2D eigenvalue weighted by Gasteiger charge is -2.26.